The van der Waals surface area contributed by atoms with Crippen molar-refractivity contribution in [1.82, 2.24) is 15.1 Å². The van der Waals surface area contributed by atoms with Crippen molar-refractivity contribution >= 4 is 5.91 Å². The lowest BCUT2D eigenvalue weighted by Crippen LogP contribution is -2.53. The van der Waals surface area contributed by atoms with Crippen molar-refractivity contribution in [3.8, 4) is 0 Å². The van der Waals surface area contributed by atoms with Crippen LogP contribution in [0.1, 0.15) is 49.4 Å². The van der Waals surface area contributed by atoms with E-state index in [1.807, 2.05) is 17.2 Å². The molecule has 1 atom stereocenters. The maximum Gasteiger partial charge on any atom is 0.242 e. The van der Waals surface area contributed by atoms with Crippen LogP contribution >= 0.6 is 0 Å². The number of rotatable bonds is 4. The summed E-state index contributed by atoms with van der Waals surface area (Å²) in [6.07, 6.45) is 4.84. The molecule has 3 N–H and O–H groups in total. The van der Waals surface area contributed by atoms with Gasteiger partial charge in [0.2, 0.25) is 5.91 Å². The minimum atomic E-state index is -0.817. The molecule has 1 fully saturated rings. The van der Waals surface area contributed by atoms with E-state index in [4.69, 9.17) is 5.73 Å². The Morgan fingerprint density at radius 1 is 1.38 bits per heavy atom. The third-order valence-electron chi connectivity index (χ3n) is 4.66. The van der Waals surface area contributed by atoms with Crippen LogP contribution in [0.2, 0.25) is 0 Å². The Kier molecular flexibility index (Phi) is 4.71. The summed E-state index contributed by atoms with van der Waals surface area (Å²) in [6.45, 7) is 5.05. The molecule has 1 aromatic carbocycles. The van der Waals surface area contributed by atoms with Crippen molar-refractivity contribution in [2.45, 2.75) is 44.6 Å². The van der Waals surface area contributed by atoms with Gasteiger partial charge in [0, 0.05) is 31.1 Å². The summed E-state index contributed by atoms with van der Waals surface area (Å²) in [5, 5.41) is 7.43. The Labute approximate surface area is 143 Å². The summed E-state index contributed by atoms with van der Waals surface area (Å²) in [4.78, 5) is 14.4. The Morgan fingerprint density at radius 2 is 2.12 bits per heavy atom. The molecular weight excluding hydrogens is 300 g/mol. The van der Waals surface area contributed by atoms with Gasteiger partial charge in [-0.1, -0.05) is 30.3 Å². The maximum absolute atomic E-state index is 12.5. The van der Waals surface area contributed by atoms with E-state index in [0.717, 1.165) is 31.5 Å². The number of nitrogens with zero attached hydrogens (tertiary/aromatic N) is 2. The van der Waals surface area contributed by atoms with Crippen LogP contribution in [0.15, 0.2) is 36.5 Å². The Bertz CT molecular complexity index is 687. The lowest BCUT2D eigenvalue weighted by molar-refractivity contribution is -0.137. The van der Waals surface area contributed by atoms with E-state index in [0.29, 0.717) is 12.5 Å². The predicted molar refractivity (Wildman–Crippen MR) is 94.7 cm³/mol. The molecule has 0 aliphatic carbocycles. The fraction of sp³-hybridized carbons (Fsp3) is 0.474. The minimum absolute atomic E-state index is 0.0244. The second-order valence-corrected chi connectivity index (χ2v) is 7.28. The van der Waals surface area contributed by atoms with Gasteiger partial charge in [0.05, 0.1) is 11.7 Å². The molecule has 2 aromatic rings. The Balaban J connectivity index is 1.75. The number of piperidine rings is 1. The summed E-state index contributed by atoms with van der Waals surface area (Å²) in [5.74, 6) is 0.322. The first-order valence-electron chi connectivity index (χ1n) is 8.59. The van der Waals surface area contributed by atoms with Crippen molar-refractivity contribution in [2.75, 3.05) is 13.1 Å². The molecule has 5 nitrogen and oxygen atoms in total. The molecule has 128 valence electrons. The SMILES string of the molecule is CC(C)(N)C(=O)N1CCCC(c2[nH]ncc2Cc2ccccc2)C1. The van der Waals surface area contributed by atoms with Crippen molar-refractivity contribution in [2.24, 2.45) is 5.73 Å². The van der Waals surface area contributed by atoms with E-state index >= 15 is 0 Å². The van der Waals surface area contributed by atoms with Gasteiger partial charge in [0.15, 0.2) is 0 Å². The highest BCUT2D eigenvalue weighted by atomic mass is 16.2. The second-order valence-electron chi connectivity index (χ2n) is 7.28. The summed E-state index contributed by atoms with van der Waals surface area (Å²) >= 11 is 0. The molecule has 0 saturated carbocycles. The molecule has 0 spiro atoms. The van der Waals surface area contributed by atoms with Gasteiger partial charge in [-0.25, -0.2) is 0 Å². The second kappa shape index (κ2) is 6.77. The number of nitrogens with one attached hydrogen (secondary N) is 1. The zero-order valence-corrected chi connectivity index (χ0v) is 14.5. The third kappa shape index (κ3) is 3.67. The number of nitrogens with two attached hydrogens (primary N) is 1. The zero-order chi connectivity index (χ0) is 17.2. The zero-order valence-electron chi connectivity index (χ0n) is 14.5. The van der Waals surface area contributed by atoms with Crippen LogP contribution in [0.25, 0.3) is 0 Å². The van der Waals surface area contributed by atoms with Crippen molar-refractivity contribution in [3.05, 3.63) is 53.3 Å². The molecule has 0 bridgehead atoms. The average Bonchev–Trinajstić information content (AvgIpc) is 3.02. The molecule has 1 aromatic heterocycles. The average molecular weight is 326 g/mol. The van der Waals surface area contributed by atoms with E-state index in [1.54, 1.807) is 13.8 Å². The molecule has 0 radical (unpaired) electrons. The summed E-state index contributed by atoms with van der Waals surface area (Å²) in [7, 11) is 0. The van der Waals surface area contributed by atoms with Gasteiger partial charge in [0.25, 0.3) is 0 Å². The molecule has 1 unspecified atom stereocenters. The van der Waals surface area contributed by atoms with Gasteiger partial charge in [0.1, 0.15) is 0 Å². The number of hydrogen-bond acceptors (Lipinski definition) is 3. The highest BCUT2D eigenvalue weighted by molar-refractivity contribution is 5.85. The number of hydrogen-bond donors (Lipinski definition) is 2. The lowest BCUT2D eigenvalue weighted by Gasteiger charge is -2.36. The van der Waals surface area contributed by atoms with Crippen molar-refractivity contribution < 1.29 is 4.79 Å². The van der Waals surface area contributed by atoms with Gasteiger partial charge < -0.3 is 10.6 Å². The Morgan fingerprint density at radius 3 is 2.83 bits per heavy atom. The first-order chi connectivity index (χ1) is 11.4. The maximum atomic E-state index is 12.5. The fourth-order valence-electron chi connectivity index (χ4n) is 3.44. The molecular formula is C19H26N4O. The number of H-pyrrole nitrogens is 1. The number of aromatic amines is 1. The first kappa shape index (κ1) is 16.7. The monoisotopic (exact) mass is 326 g/mol. The molecule has 1 aliphatic heterocycles. The molecule has 1 amide bonds. The molecule has 2 heterocycles. The molecule has 24 heavy (non-hydrogen) atoms. The van der Waals surface area contributed by atoms with Crippen LogP contribution in [0, 0.1) is 0 Å². The quantitative estimate of drug-likeness (QED) is 0.906. The van der Waals surface area contributed by atoms with E-state index in [9.17, 15) is 4.79 Å². The van der Waals surface area contributed by atoms with Gasteiger partial charge in [-0.15, -0.1) is 0 Å². The summed E-state index contributed by atoms with van der Waals surface area (Å²) < 4.78 is 0. The smallest absolute Gasteiger partial charge is 0.242 e. The largest absolute Gasteiger partial charge is 0.340 e. The van der Waals surface area contributed by atoms with E-state index in [-0.39, 0.29) is 5.91 Å². The van der Waals surface area contributed by atoms with E-state index in [1.165, 1.54) is 11.1 Å². The van der Waals surface area contributed by atoms with E-state index in [2.05, 4.69) is 34.5 Å². The number of aromatic nitrogens is 2. The molecule has 1 aliphatic rings. The summed E-state index contributed by atoms with van der Waals surface area (Å²) in [6, 6.07) is 10.4. The van der Waals surface area contributed by atoms with Crippen LogP contribution in [-0.4, -0.2) is 39.6 Å². The standard InChI is InChI=1S/C19H26N4O/c1-19(2,20)18(24)23-10-6-9-15(13-23)17-16(12-21-22-17)11-14-7-4-3-5-8-14/h3-5,7-8,12,15H,6,9-11,13,20H2,1-2H3,(H,21,22). The van der Waals surface area contributed by atoms with Crippen LogP contribution in [-0.2, 0) is 11.2 Å². The number of amides is 1. The number of carbonyl (C=O) groups is 1. The number of carbonyl (C=O) groups excluding carboxylic acids is 1. The van der Waals surface area contributed by atoms with Crippen LogP contribution in [0.5, 0.6) is 0 Å². The highest BCUT2D eigenvalue weighted by Gasteiger charge is 2.33. The van der Waals surface area contributed by atoms with Crippen molar-refractivity contribution in [3.63, 3.8) is 0 Å². The summed E-state index contributed by atoms with van der Waals surface area (Å²) in [5.41, 5.74) is 8.82. The van der Waals surface area contributed by atoms with Crippen LogP contribution in [0.4, 0.5) is 0 Å². The van der Waals surface area contributed by atoms with E-state index < -0.39 is 5.54 Å². The molecule has 1 saturated heterocycles. The van der Waals surface area contributed by atoms with Gasteiger partial charge >= 0.3 is 0 Å². The Hall–Kier alpha value is -2.14. The number of benzene rings is 1. The number of likely N-dealkylation sites (tertiary alicyclic amines) is 1. The lowest BCUT2D eigenvalue weighted by atomic mass is 9.90. The van der Waals surface area contributed by atoms with Gasteiger partial charge in [-0.3, -0.25) is 9.89 Å². The van der Waals surface area contributed by atoms with Gasteiger partial charge in [-0.2, -0.15) is 5.10 Å². The fourth-order valence-corrected chi connectivity index (χ4v) is 3.44. The highest BCUT2D eigenvalue weighted by Crippen LogP contribution is 2.29. The van der Waals surface area contributed by atoms with Crippen LogP contribution < -0.4 is 5.73 Å². The molecule has 3 rings (SSSR count). The normalized spacial score (nSPS) is 18.6. The van der Waals surface area contributed by atoms with Crippen LogP contribution in [0.3, 0.4) is 0 Å². The molecule has 5 heteroatoms. The van der Waals surface area contributed by atoms with Gasteiger partial charge in [-0.05, 0) is 37.8 Å². The minimum Gasteiger partial charge on any atom is -0.340 e. The predicted octanol–water partition coefficient (Wildman–Crippen LogP) is 2.44. The van der Waals surface area contributed by atoms with Crippen molar-refractivity contribution in [1.29, 1.82) is 0 Å². The third-order valence-corrected chi connectivity index (χ3v) is 4.66. The first-order valence-corrected chi connectivity index (χ1v) is 8.59. The topological polar surface area (TPSA) is 75.0 Å².